The summed E-state index contributed by atoms with van der Waals surface area (Å²) >= 11 is 4.27. The van der Waals surface area contributed by atoms with Crippen LogP contribution in [0.15, 0.2) is 0 Å². The zero-order chi connectivity index (χ0) is 8.15. The molecule has 0 aliphatic heterocycles. The second-order valence-electron chi connectivity index (χ2n) is 2.81. The van der Waals surface area contributed by atoms with E-state index in [0.29, 0.717) is 5.92 Å². The van der Waals surface area contributed by atoms with Crippen molar-refractivity contribution < 1.29 is 19.7 Å². The molecule has 65 valence electrons. The number of hydrogen-bond donors (Lipinski definition) is 0. The molecule has 10 heavy (non-hydrogen) atoms. The monoisotopic (exact) mass is 188 g/mol. The molecule has 0 heterocycles. The number of rotatable bonds is 4. The van der Waals surface area contributed by atoms with E-state index in [1.807, 2.05) is 19.0 Å². The molecule has 0 saturated carbocycles. The summed E-state index contributed by atoms with van der Waals surface area (Å²) in [5, 5.41) is 0. The van der Waals surface area contributed by atoms with Gasteiger partial charge in [0.2, 0.25) is 0 Å². The molecule has 0 aromatic carbocycles. The summed E-state index contributed by atoms with van der Waals surface area (Å²) in [4.78, 5) is 2.01. The Morgan fingerprint density at radius 2 is 2.00 bits per heavy atom. The van der Waals surface area contributed by atoms with Crippen LogP contribution in [-0.2, 0) is 19.7 Å². The van der Waals surface area contributed by atoms with Crippen molar-refractivity contribution in [2.24, 2.45) is 5.92 Å². The Kier molecular flexibility index (Phi) is 5.33. The third-order valence-corrected chi connectivity index (χ3v) is 1.95. The average molecular weight is 189 g/mol. The fourth-order valence-electron chi connectivity index (χ4n) is 0.851. The van der Waals surface area contributed by atoms with E-state index in [2.05, 4.69) is 29.6 Å². The van der Waals surface area contributed by atoms with E-state index in [-0.39, 0.29) is 6.23 Å². The summed E-state index contributed by atoms with van der Waals surface area (Å²) in [5.74, 6) is 0.517. The molecule has 0 aromatic rings. The first-order valence-corrected chi connectivity index (χ1v) is 3.95. The number of nitrogens with zero attached hydrogens (tertiary/aromatic N) is 1. The van der Waals surface area contributed by atoms with Gasteiger partial charge in [-0.05, 0) is 0 Å². The van der Waals surface area contributed by atoms with E-state index >= 15 is 0 Å². The molecule has 2 unspecified atom stereocenters. The summed E-state index contributed by atoms with van der Waals surface area (Å²) in [7, 11) is 3.96. The molecule has 0 bridgehead atoms. The first-order chi connectivity index (χ1) is 4.63. The average Bonchev–Trinajstić information content (AvgIpc) is 1.88. The van der Waals surface area contributed by atoms with E-state index in [1.165, 1.54) is 0 Å². The van der Waals surface area contributed by atoms with Crippen LogP contribution in [0.5, 0.6) is 0 Å². The van der Waals surface area contributed by atoms with Gasteiger partial charge in [-0.25, -0.2) is 0 Å². The fourth-order valence-corrected chi connectivity index (χ4v) is 1.29. The quantitative estimate of drug-likeness (QED) is 0.489. The Hall–Kier alpha value is 0.414. The third-order valence-electron chi connectivity index (χ3n) is 1.72. The molecule has 0 fully saturated rings. The Labute approximate surface area is 71.6 Å². The molecule has 0 amide bonds. The second-order valence-corrected chi connectivity index (χ2v) is 3.05. The van der Waals surface area contributed by atoms with Crippen LogP contribution in [0.2, 0.25) is 0 Å². The molecule has 0 rings (SSSR count). The van der Waals surface area contributed by atoms with Crippen molar-refractivity contribution in [1.29, 1.82) is 0 Å². The van der Waals surface area contributed by atoms with Gasteiger partial charge in [0.15, 0.2) is 0 Å². The SMILES string of the molecule is CCC(C)C([O][Ni])N(C)C. The van der Waals surface area contributed by atoms with Crippen LogP contribution >= 0.6 is 0 Å². The molecule has 0 aliphatic rings. The van der Waals surface area contributed by atoms with Crippen LogP contribution in [0, 0.1) is 5.92 Å². The molecule has 0 saturated heterocycles. The summed E-state index contributed by atoms with van der Waals surface area (Å²) < 4.78 is 4.92. The summed E-state index contributed by atoms with van der Waals surface area (Å²) in [6, 6.07) is 0. The molecule has 0 spiro atoms. The van der Waals surface area contributed by atoms with Gasteiger partial charge in [-0.1, -0.05) is 0 Å². The van der Waals surface area contributed by atoms with Crippen LogP contribution < -0.4 is 0 Å². The predicted molar refractivity (Wildman–Crippen MR) is 38.0 cm³/mol. The van der Waals surface area contributed by atoms with Crippen molar-refractivity contribution in [3.8, 4) is 0 Å². The molecule has 2 atom stereocenters. The van der Waals surface area contributed by atoms with Crippen LogP contribution in [-0.4, -0.2) is 25.2 Å². The Balaban J connectivity index is 3.80. The van der Waals surface area contributed by atoms with Gasteiger partial charge in [-0.15, -0.1) is 0 Å². The molecule has 0 N–H and O–H groups in total. The van der Waals surface area contributed by atoms with E-state index in [4.69, 9.17) is 3.88 Å². The van der Waals surface area contributed by atoms with Gasteiger partial charge in [0.1, 0.15) is 0 Å². The second kappa shape index (κ2) is 5.12. The van der Waals surface area contributed by atoms with E-state index in [0.717, 1.165) is 6.42 Å². The molecule has 2 nitrogen and oxygen atoms in total. The van der Waals surface area contributed by atoms with E-state index in [9.17, 15) is 0 Å². The molecule has 3 heteroatoms. The van der Waals surface area contributed by atoms with Crippen molar-refractivity contribution in [2.75, 3.05) is 14.1 Å². The normalized spacial score (nSPS) is 17.5. The maximum atomic E-state index is 4.92. The standard InChI is InChI=1S/C7H16NO.Ni/c1-5-6(2)7(9)8(3)4;/h6-7H,5H2,1-4H3;/q-1;+1. The first kappa shape index (κ1) is 10.4. The van der Waals surface area contributed by atoms with Crippen molar-refractivity contribution >= 4 is 0 Å². The van der Waals surface area contributed by atoms with Gasteiger partial charge in [0, 0.05) is 0 Å². The Morgan fingerprint density at radius 3 is 2.10 bits per heavy atom. The molecule has 0 aromatic heterocycles. The fraction of sp³-hybridized carbons (Fsp3) is 1.00. The van der Waals surface area contributed by atoms with Crippen LogP contribution in [0.1, 0.15) is 20.3 Å². The van der Waals surface area contributed by atoms with Crippen molar-refractivity contribution in [1.82, 2.24) is 4.90 Å². The van der Waals surface area contributed by atoms with Crippen molar-refractivity contribution in [3.63, 3.8) is 0 Å². The van der Waals surface area contributed by atoms with Crippen molar-refractivity contribution in [2.45, 2.75) is 26.5 Å². The Morgan fingerprint density at radius 1 is 1.50 bits per heavy atom. The summed E-state index contributed by atoms with van der Waals surface area (Å²) in [5.41, 5.74) is 0. The van der Waals surface area contributed by atoms with E-state index < -0.39 is 0 Å². The van der Waals surface area contributed by atoms with Gasteiger partial charge in [0.25, 0.3) is 0 Å². The molecule has 0 radical (unpaired) electrons. The number of hydrogen-bond acceptors (Lipinski definition) is 2. The van der Waals surface area contributed by atoms with Gasteiger partial charge in [-0.3, -0.25) is 0 Å². The molecule has 0 aliphatic carbocycles. The zero-order valence-electron chi connectivity index (χ0n) is 7.03. The van der Waals surface area contributed by atoms with Gasteiger partial charge >= 0.3 is 71.1 Å². The van der Waals surface area contributed by atoms with Gasteiger partial charge in [-0.2, -0.15) is 0 Å². The van der Waals surface area contributed by atoms with Crippen LogP contribution in [0.3, 0.4) is 0 Å². The third kappa shape index (κ3) is 3.00. The topological polar surface area (TPSA) is 12.5 Å². The molecular formula is C7H16NNiO. The minimum absolute atomic E-state index is 0.102. The summed E-state index contributed by atoms with van der Waals surface area (Å²) in [6.45, 7) is 4.28. The maximum absolute atomic E-state index is 4.92. The first-order valence-electron chi connectivity index (χ1n) is 3.54. The van der Waals surface area contributed by atoms with Gasteiger partial charge in [0.05, 0.1) is 0 Å². The van der Waals surface area contributed by atoms with Crippen molar-refractivity contribution in [3.05, 3.63) is 0 Å². The summed E-state index contributed by atoms with van der Waals surface area (Å²) in [6.07, 6.45) is 1.21. The van der Waals surface area contributed by atoms with E-state index in [1.54, 1.807) is 0 Å². The molecular weight excluding hydrogens is 173 g/mol. The van der Waals surface area contributed by atoms with Gasteiger partial charge < -0.3 is 0 Å². The Bertz CT molecular complexity index is 87.7. The predicted octanol–water partition coefficient (Wildman–Crippen LogP) is 1.40. The van der Waals surface area contributed by atoms with Crippen LogP contribution in [0.25, 0.3) is 0 Å². The zero-order valence-corrected chi connectivity index (χ0v) is 8.02. The van der Waals surface area contributed by atoms with Crippen LogP contribution in [0.4, 0.5) is 0 Å². The minimum atomic E-state index is 0.102.